The van der Waals surface area contributed by atoms with Crippen LogP contribution in [0.15, 0.2) is 36.4 Å². The van der Waals surface area contributed by atoms with Gasteiger partial charge in [0.05, 0.1) is 12.8 Å². The lowest BCUT2D eigenvalue weighted by Crippen LogP contribution is -2.37. The zero-order valence-corrected chi connectivity index (χ0v) is 15.5. The Balaban J connectivity index is 2.21. The van der Waals surface area contributed by atoms with Crippen molar-refractivity contribution in [2.45, 2.75) is 20.8 Å². The molecule has 0 aliphatic carbocycles. The third-order valence-corrected chi connectivity index (χ3v) is 4.17. The van der Waals surface area contributed by atoms with Gasteiger partial charge in [-0.2, -0.15) is 0 Å². The van der Waals surface area contributed by atoms with E-state index in [4.69, 9.17) is 16.3 Å². The van der Waals surface area contributed by atoms with Crippen LogP contribution in [0.3, 0.4) is 0 Å². The van der Waals surface area contributed by atoms with Gasteiger partial charge in [-0.25, -0.2) is 0 Å². The highest BCUT2D eigenvalue weighted by Gasteiger charge is 2.20. The molecular weight excluding hydrogens is 340 g/mol. The molecule has 0 heterocycles. The quantitative estimate of drug-likeness (QED) is 0.878. The summed E-state index contributed by atoms with van der Waals surface area (Å²) in [7, 11) is 1.53. The van der Waals surface area contributed by atoms with E-state index < -0.39 is 0 Å². The second-order valence-electron chi connectivity index (χ2n) is 5.79. The minimum Gasteiger partial charge on any atom is -0.495 e. The van der Waals surface area contributed by atoms with Crippen molar-refractivity contribution in [1.82, 2.24) is 0 Å². The van der Waals surface area contributed by atoms with E-state index in [0.717, 1.165) is 11.1 Å². The number of nitrogens with zero attached hydrogens (tertiary/aromatic N) is 1. The molecule has 0 aliphatic rings. The molecule has 5 nitrogen and oxygen atoms in total. The molecule has 0 aliphatic heterocycles. The van der Waals surface area contributed by atoms with Crippen LogP contribution in [-0.4, -0.2) is 25.5 Å². The third-order valence-electron chi connectivity index (χ3n) is 3.76. The zero-order valence-electron chi connectivity index (χ0n) is 14.7. The molecule has 132 valence electrons. The number of benzene rings is 2. The minimum atomic E-state index is -0.321. The molecule has 2 amide bonds. The Hall–Kier alpha value is -2.53. The standard InChI is InChI=1S/C19H21ClN2O3/c1-12-5-8-18(25-4)17(9-12)22(14(3)23)11-19(24)21-15-7-6-13(2)16(20)10-15/h5-10H,11H2,1-4H3,(H,21,24). The SMILES string of the molecule is COc1ccc(C)cc1N(CC(=O)Nc1ccc(C)c(Cl)c1)C(C)=O. The first-order valence-corrected chi connectivity index (χ1v) is 8.18. The molecule has 0 saturated heterocycles. The van der Waals surface area contributed by atoms with Gasteiger partial charge in [0.15, 0.2) is 0 Å². The summed E-state index contributed by atoms with van der Waals surface area (Å²) in [5.74, 6) is -0.0355. The maximum absolute atomic E-state index is 12.4. The van der Waals surface area contributed by atoms with Crippen LogP contribution in [-0.2, 0) is 9.59 Å². The summed E-state index contributed by atoms with van der Waals surface area (Å²) in [6.45, 7) is 5.09. The van der Waals surface area contributed by atoms with Gasteiger partial charge in [-0.1, -0.05) is 23.7 Å². The van der Waals surface area contributed by atoms with Crippen molar-refractivity contribution in [1.29, 1.82) is 0 Å². The predicted octanol–water partition coefficient (Wildman–Crippen LogP) is 3.96. The summed E-state index contributed by atoms with van der Waals surface area (Å²) in [4.78, 5) is 25.9. The van der Waals surface area contributed by atoms with Crippen LogP contribution >= 0.6 is 11.6 Å². The van der Waals surface area contributed by atoms with Crippen molar-refractivity contribution in [3.8, 4) is 5.75 Å². The zero-order chi connectivity index (χ0) is 18.6. The van der Waals surface area contributed by atoms with Gasteiger partial charge in [-0.3, -0.25) is 14.5 Å². The molecule has 0 atom stereocenters. The first-order chi connectivity index (χ1) is 11.8. The molecule has 2 rings (SSSR count). The summed E-state index contributed by atoms with van der Waals surface area (Å²) in [5, 5.41) is 3.33. The van der Waals surface area contributed by atoms with Gasteiger partial charge >= 0.3 is 0 Å². The van der Waals surface area contributed by atoms with Crippen LogP contribution in [0, 0.1) is 13.8 Å². The maximum Gasteiger partial charge on any atom is 0.244 e. The van der Waals surface area contributed by atoms with Crippen molar-refractivity contribution in [3.05, 3.63) is 52.5 Å². The van der Waals surface area contributed by atoms with E-state index in [2.05, 4.69) is 5.32 Å². The molecular formula is C19H21ClN2O3. The highest BCUT2D eigenvalue weighted by molar-refractivity contribution is 6.31. The largest absolute Gasteiger partial charge is 0.495 e. The lowest BCUT2D eigenvalue weighted by Gasteiger charge is -2.23. The van der Waals surface area contributed by atoms with E-state index in [1.54, 1.807) is 18.2 Å². The van der Waals surface area contributed by atoms with Crippen molar-refractivity contribution in [2.75, 3.05) is 23.9 Å². The molecule has 0 fully saturated rings. The number of aryl methyl sites for hydroxylation is 2. The van der Waals surface area contributed by atoms with E-state index in [-0.39, 0.29) is 18.4 Å². The summed E-state index contributed by atoms with van der Waals surface area (Å²) in [6, 6.07) is 10.7. The average molecular weight is 361 g/mol. The normalized spacial score (nSPS) is 10.3. The number of hydrogen-bond acceptors (Lipinski definition) is 3. The first-order valence-electron chi connectivity index (χ1n) is 7.80. The van der Waals surface area contributed by atoms with Crippen LogP contribution in [0.4, 0.5) is 11.4 Å². The minimum absolute atomic E-state index is 0.124. The van der Waals surface area contributed by atoms with Gasteiger partial charge in [0.25, 0.3) is 0 Å². The topological polar surface area (TPSA) is 58.6 Å². The summed E-state index contributed by atoms with van der Waals surface area (Å²) in [6.07, 6.45) is 0. The van der Waals surface area contributed by atoms with Crippen LogP contribution in [0.2, 0.25) is 5.02 Å². The molecule has 1 N–H and O–H groups in total. The van der Waals surface area contributed by atoms with Crippen LogP contribution in [0.25, 0.3) is 0 Å². The van der Waals surface area contributed by atoms with E-state index in [9.17, 15) is 9.59 Å². The molecule has 0 radical (unpaired) electrons. The number of amides is 2. The molecule has 0 spiro atoms. The van der Waals surface area contributed by atoms with Gasteiger partial charge in [-0.05, 0) is 49.2 Å². The maximum atomic E-state index is 12.4. The van der Waals surface area contributed by atoms with Crippen LogP contribution < -0.4 is 15.0 Å². The molecule has 0 bridgehead atoms. The number of ether oxygens (including phenoxy) is 1. The number of nitrogens with one attached hydrogen (secondary N) is 1. The van der Waals surface area contributed by atoms with Crippen molar-refractivity contribution >= 4 is 34.8 Å². The summed E-state index contributed by atoms with van der Waals surface area (Å²) in [5.41, 5.74) is 3.04. The fraction of sp³-hybridized carbons (Fsp3) is 0.263. The van der Waals surface area contributed by atoms with E-state index in [1.165, 1.54) is 18.9 Å². The van der Waals surface area contributed by atoms with E-state index >= 15 is 0 Å². The summed E-state index contributed by atoms with van der Waals surface area (Å²) < 4.78 is 5.32. The van der Waals surface area contributed by atoms with Crippen LogP contribution in [0.5, 0.6) is 5.75 Å². The fourth-order valence-corrected chi connectivity index (χ4v) is 2.57. The number of hydrogen-bond donors (Lipinski definition) is 1. The Morgan fingerprint density at radius 2 is 1.88 bits per heavy atom. The fourth-order valence-electron chi connectivity index (χ4n) is 2.39. The Morgan fingerprint density at radius 3 is 2.48 bits per heavy atom. The molecule has 25 heavy (non-hydrogen) atoms. The smallest absolute Gasteiger partial charge is 0.244 e. The van der Waals surface area contributed by atoms with Gasteiger partial charge in [0.1, 0.15) is 12.3 Å². The van der Waals surface area contributed by atoms with Crippen LogP contribution in [0.1, 0.15) is 18.1 Å². The Bertz CT molecular complexity index is 805. The molecule has 2 aromatic rings. The Morgan fingerprint density at radius 1 is 1.16 bits per heavy atom. The number of carbonyl (C=O) groups is 2. The number of methoxy groups -OCH3 is 1. The number of rotatable bonds is 5. The molecule has 0 aromatic heterocycles. The van der Waals surface area contributed by atoms with Gasteiger partial charge < -0.3 is 10.1 Å². The first kappa shape index (κ1) is 18.8. The Kier molecular flexibility index (Phi) is 6.04. The second-order valence-corrected chi connectivity index (χ2v) is 6.20. The molecule has 2 aromatic carbocycles. The predicted molar refractivity (Wildman–Crippen MR) is 101 cm³/mol. The highest BCUT2D eigenvalue weighted by Crippen LogP contribution is 2.29. The lowest BCUT2D eigenvalue weighted by atomic mass is 10.2. The van der Waals surface area contributed by atoms with Crippen molar-refractivity contribution in [3.63, 3.8) is 0 Å². The highest BCUT2D eigenvalue weighted by atomic mass is 35.5. The van der Waals surface area contributed by atoms with Gasteiger partial charge in [-0.15, -0.1) is 0 Å². The lowest BCUT2D eigenvalue weighted by molar-refractivity contribution is -0.120. The summed E-state index contributed by atoms with van der Waals surface area (Å²) >= 11 is 6.07. The molecule has 0 unspecified atom stereocenters. The molecule has 0 saturated carbocycles. The number of anilines is 2. The van der Waals surface area contributed by atoms with Crippen molar-refractivity contribution in [2.24, 2.45) is 0 Å². The monoisotopic (exact) mass is 360 g/mol. The second kappa shape index (κ2) is 8.03. The number of carbonyl (C=O) groups excluding carboxylic acids is 2. The Labute approximate surface area is 152 Å². The number of halogens is 1. The van der Waals surface area contributed by atoms with E-state index in [1.807, 2.05) is 32.0 Å². The van der Waals surface area contributed by atoms with Gasteiger partial charge in [0, 0.05) is 17.6 Å². The average Bonchev–Trinajstić information content (AvgIpc) is 2.55. The third kappa shape index (κ3) is 4.73. The molecule has 6 heteroatoms. The van der Waals surface area contributed by atoms with Gasteiger partial charge in [0.2, 0.25) is 11.8 Å². The van der Waals surface area contributed by atoms with E-state index in [0.29, 0.717) is 22.1 Å². The van der Waals surface area contributed by atoms with Crippen molar-refractivity contribution < 1.29 is 14.3 Å².